The maximum Gasteiger partial charge on any atom is 0.331 e. The van der Waals surface area contributed by atoms with Gasteiger partial charge in [0.2, 0.25) is 0 Å². The third-order valence-corrected chi connectivity index (χ3v) is 1.07. The molecule has 0 aliphatic heterocycles. The van der Waals surface area contributed by atoms with Crippen LogP contribution in [0.2, 0.25) is 0 Å². The predicted octanol–water partition coefficient (Wildman–Crippen LogP) is 2.46. The fourth-order valence-corrected chi connectivity index (χ4v) is 0.576. The Labute approximate surface area is 73.9 Å². The lowest BCUT2D eigenvalue weighted by molar-refractivity contribution is -0.148. The van der Waals surface area contributed by atoms with Gasteiger partial charge in [0.1, 0.15) is 5.60 Å². The minimum atomic E-state index is -0.422. The van der Waals surface area contributed by atoms with Crippen molar-refractivity contribution < 1.29 is 9.53 Å². The van der Waals surface area contributed by atoms with E-state index in [-0.39, 0.29) is 5.97 Å². The molecule has 0 aromatic heterocycles. The first-order chi connectivity index (χ1) is 5.35. The molecule has 0 spiro atoms. The molecule has 0 bridgehead atoms. The van der Waals surface area contributed by atoms with Gasteiger partial charge in [-0.05, 0) is 33.3 Å². The molecule has 0 aliphatic carbocycles. The number of hydrogen-bond donors (Lipinski definition) is 0. The van der Waals surface area contributed by atoms with E-state index in [2.05, 4.69) is 6.58 Å². The molecule has 0 aromatic carbocycles. The molecule has 0 saturated heterocycles. The number of hydrogen-bond acceptors (Lipinski definition) is 2. The van der Waals surface area contributed by atoms with E-state index in [9.17, 15) is 4.79 Å². The third kappa shape index (κ3) is 5.71. The van der Waals surface area contributed by atoms with E-state index in [0.717, 1.165) is 5.57 Å². The summed E-state index contributed by atoms with van der Waals surface area (Å²) in [5.41, 5.74) is 0.388. The van der Waals surface area contributed by atoms with Gasteiger partial charge in [-0.1, -0.05) is 12.7 Å². The zero-order chi connectivity index (χ0) is 9.78. The molecule has 0 amide bonds. The van der Waals surface area contributed by atoms with Gasteiger partial charge in [-0.2, -0.15) is 0 Å². The Morgan fingerprint density at radius 2 is 1.92 bits per heavy atom. The average molecular weight is 168 g/mol. The molecule has 0 unspecified atom stereocenters. The second kappa shape index (κ2) is 4.10. The summed E-state index contributed by atoms with van der Waals surface area (Å²) in [6.07, 6.45) is 3.04. The lowest BCUT2D eigenvalue weighted by Crippen LogP contribution is -2.22. The molecule has 12 heavy (non-hydrogen) atoms. The summed E-state index contributed by atoms with van der Waals surface area (Å²) in [6.45, 7) is 10.8. The number of ether oxygens (including phenoxy) is 1. The van der Waals surface area contributed by atoms with Gasteiger partial charge >= 0.3 is 5.97 Å². The molecule has 0 heterocycles. The van der Waals surface area contributed by atoms with Gasteiger partial charge in [0.05, 0.1) is 0 Å². The minimum absolute atomic E-state index is 0.320. The summed E-state index contributed by atoms with van der Waals surface area (Å²) in [4.78, 5) is 11.1. The van der Waals surface area contributed by atoms with E-state index < -0.39 is 5.60 Å². The molecule has 0 aliphatic rings. The molecule has 0 rings (SSSR count). The fourth-order valence-electron chi connectivity index (χ4n) is 0.576. The van der Waals surface area contributed by atoms with Crippen molar-refractivity contribution in [3.63, 3.8) is 0 Å². The summed E-state index contributed by atoms with van der Waals surface area (Å²) in [5.74, 6) is -0.320. The van der Waals surface area contributed by atoms with Gasteiger partial charge in [-0.25, -0.2) is 4.79 Å². The Balaban J connectivity index is 4.16. The van der Waals surface area contributed by atoms with Crippen LogP contribution in [0.5, 0.6) is 0 Å². The fraction of sp³-hybridized carbons (Fsp3) is 0.500. The van der Waals surface area contributed by atoms with Crippen LogP contribution in [0, 0.1) is 0 Å². The van der Waals surface area contributed by atoms with Crippen LogP contribution in [0.15, 0.2) is 24.3 Å². The van der Waals surface area contributed by atoms with Crippen LogP contribution in [0.4, 0.5) is 0 Å². The number of esters is 1. The van der Waals surface area contributed by atoms with Crippen molar-refractivity contribution in [2.75, 3.05) is 0 Å². The average Bonchev–Trinajstić information content (AvgIpc) is 1.82. The highest BCUT2D eigenvalue weighted by Gasteiger charge is 2.13. The van der Waals surface area contributed by atoms with Crippen LogP contribution in [0.25, 0.3) is 0 Å². The van der Waals surface area contributed by atoms with Crippen LogP contribution in [-0.4, -0.2) is 11.6 Å². The standard InChI is InChI=1S/C10H16O2/c1-6-8(2)7-9(11)12-10(3,4)5/h6-7H,1H2,2-5H3/b8-7-. The predicted molar refractivity (Wildman–Crippen MR) is 49.8 cm³/mol. The Morgan fingerprint density at radius 1 is 1.42 bits per heavy atom. The first kappa shape index (κ1) is 11.0. The number of allylic oxidation sites excluding steroid dienone is 2. The molecule has 0 radical (unpaired) electrons. The van der Waals surface area contributed by atoms with Gasteiger partial charge in [0.25, 0.3) is 0 Å². The lowest BCUT2D eigenvalue weighted by atomic mass is 10.2. The number of carbonyl (C=O) groups excluding carboxylic acids is 1. The number of carbonyl (C=O) groups is 1. The summed E-state index contributed by atoms with van der Waals surface area (Å²) >= 11 is 0. The normalized spacial score (nSPS) is 12.5. The first-order valence-electron chi connectivity index (χ1n) is 3.89. The zero-order valence-electron chi connectivity index (χ0n) is 8.18. The summed E-state index contributed by atoms with van der Waals surface area (Å²) in [7, 11) is 0. The summed E-state index contributed by atoms with van der Waals surface area (Å²) in [6, 6.07) is 0. The van der Waals surface area contributed by atoms with E-state index in [1.54, 1.807) is 13.0 Å². The first-order valence-corrected chi connectivity index (χ1v) is 3.89. The van der Waals surface area contributed by atoms with Gasteiger partial charge in [0, 0.05) is 6.08 Å². The Kier molecular flexibility index (Phi) is 3.74. The van der Waals surface area contributed by atoms with E-state index in [0.29, 0.717) is 0 Å². The minimum Gasteiger partial charge on any atom is -0.457 e. The second-order valence-electron chi connectivity index (χ2n) is 3.63. The van der Waals surface area contributed by atoms with E-state index in [1.165, 1.54) is 6.08 Å². The van der Waals surface area contributed by atoms with Crippen molar-refractivity contribution in [1.82, 2.24) is 0 Å². The summed E-state index contributed by atoms with van der Waals surface area (Å²) < 4.78 is 5.05. The molecular formula is C10H16O2. The van der Waals surface area contributed by atoms with Crippen molar-refractivity contribution in [3.8, 4) is 0 Å². The van der Waals surface area contributed by atoms with Crippen molar-refractivity contribution in [2.24, 2.45) is 0 Å². The molecular weight excluding hydrogens is 152 g/mol. The van der Waals surface area contributed by atoms with E-state index >= 15 is 0 Å². The second-order valence-corrected chi connectivity index (χ2v) is 3.63. The molecule has 68 valence electrons. The van der Waals surface area contributed by atoms with Crippen molar-refractivity contribution in [2.45, 2.75) is 33.3 Å². The molecule has 2 nitrogen and oxygen atoms in total. The van der Waals surface area contributed by atoms with Gasteiger partial charge in [-0.3, -0.25) is 0 Å². The van der Waals surface area contributed by atoms with Crippen molar-refractivity contribution >= 4 is 5.97 Å². The Bertz CT molecular complexity index is 206. The molecule has 0 fully saturated rings. The van der Waals surface area contributed by atoms with Crippen LogP contribution in [0.1, 0.15) is 27.7 Å². The van der Waals surface area contributed by atoms with Crippen LogP contribution < -0.4 is 0 Å². The third-order valence-electron chi connectivity index (χ3n) is 1.07. The quantitative estimate of drug-likeness (QED) is 0.359. The van der Waals surface area contributed by atoms with Crippen LogP contribution in [-0.2, 0) is 9.53 Å². The highest BCUT2D eigenvalue weighted by molar-refractivity contribution is 5.83. The molecule has 0 saturated carbocycles. The Hall–Kier alpha value is -1.05. The molecule has 0 N–H and O–H groups in total. The highest BCUT2D eigenvalue weighted by Crippen LogP contribution is 2.08. The van der Waals surface area contributed by atoms with E-state index in [1.807, 2.05) is 20.8 Å². The van der Waals surface area contributed by atoms with E-state index in [4.69, 9.17) is 4.74 Å². The van der Waals surface area contributed by atoms with Crippen LogP contribution >= 0.6 is 0 Å². The van der Waals surface area contributed by atoms with Gasteiger partial charge in [0.15, 0.2) is 0 Å². The SMILES string of the molecule is C=C/C(C)=C\C(=O)OC(C)(C)C. The highest BCUT2D eigenvalue weighted by atomic mass is 16.6. The topological polar surface area (TPSA) is 26.3 Å². The largest absolute Gasteiger partial charge is 0.457 e. The molecule has 0 atom stereocenters. The summed E-state index contributed by atoms with van der Waals surface area (Å²) in [5, 5.41) is 0. The lowest BCUT2D eigenvalue weighted by Gasteiger charge is -2.18. The maximum atomic E-state index is 11.1. The van der Waals surface area contributed by atoms with Crippen molar-refractivity contribution in [1.29, 1.82) is 0 Å². The molecule has 0 aromatic rings. The monoisotopic (exact) mass is 168 g/mol. The van der Waals surface area contributed by atoms with Gasteiger partial charge in [-0.15, -0.1) is 0 Å². The molecule has 2 heteroatoms. The smallest absolute Gasteiger partial charge is 0.331 e. The Morgan fingerprint density at radius 3 is 2.25 bits per heavy atom. The zero-order valence-corrected chi connectivity index (χ0v) is 8.18. The number of rotatable bonds is 2. The van der Waals surface area contributed by atoms with Crippen LogP contribution in [0.3, 0.4) is 0 Å². The maximum absolute atomic E-state index is 11.1. The van der Waals surface area contributed by atoms with Crippen molar-refractivity contribution in [3.05, 3.63) is 24.3 Å². The van der Waals surface area contributed by atoms with Gasteiger partial charge < -0.3 is 4.74 Å².